The summed E-state index contributed by atoms with van der Waals surface area (Å²) in [6.45, 7) is 3.16. The highest BCUT2D eigenvalue weighted by Crippen LogP contribution is 2.39. The van der Waals surface area contributed by atoms with E-state index >= 15 is 0 Å². The smallest absolute Gasteiger partial charge is 0.0619 e. The third kappa shape index (κ3) is 2.64. The minimum atomic E-state index is 0.416. The highest BCUT2D eigenvalue weighted by molar-refractivity contribution is 5.30. The van der Waals surface area contributed by atoms with Crippen LogP contribution in [0.3, 0.4) is 0 Å². The Bertz CT molecular complexity index is 441. The zero-order valence-corrected chi connectivity index (χ0v) is 12.8. The van der Waals surface area contributed by atoms with Crippen LogP contribution in [0.2, 0.25) is 0 Å². The van der Waals surface area contributed by atoms with Crippen LogP contribution < -0.4 is 5.32 Å². The molecule has 3 rings (SSSR count). The van der Waals surface area contributed by atoms with Crippen LogP contribution in [0, 0.1) is 5.92 Å². The fraction of sp³-hybridized carbons (Fsp3) is 0.667. The summed E-state index contributed by atoms with van der Waals surface area (Å²) in [5.74, 6) is 1.43. The predicted octanol–water partition coefficient (Wildman–Crippen LogP) is 4.03. The van der Waals surface area contributed by atoms with Gasteiger partial charge in [-0.15, -0.1) is 0 Å². The molecule has 1 saturated carbocycles. The van der Waals surface area contributed by atoms with E-state index in [4.69, 9.17) is 4.74 Å². The van der Waals surface area contributed by atoms with E-state index < -0.39 is 0 Å². The van der Waals surface area contributed by atoms with Crippen LogP contribution in [0.4, 0.5) is 0 Å². The molecule has 1 heterocycles. The highest BCUT2D eigenvalue weighted by atomic mass is 16.5. The molecule has 1 aliphatic heterocycles. The summed E-state index contributed by atoms with van der Waals surface area (Å²) in [6.07, 6.45) is 6.86. The number of hydrogen-bond acceptors (Lipinski definition) is 2. The molecule has 3 unspecified atom stereocenters. The average Bonchev–Trinajstić information content (AvgIpc) is 2.86. The Kier molecular flexibility index (Phi) is 4.42. The average molecular weight is 273 g/mol. The molecule has 0 spiro atoms. The van der Waals surface area contributed by atoms with Crippen LogP contribution in [0.5, 0.6) is 0 Å². The van der Waals surface area contributed by atoms with Crippen molar-refractivity contribution in [3.63, 3.8) is 0 Å². The summed E-state index contributed by atoms with van der Waals surface area (Å²) in [5.41, 5.74) is 2.99. The molecule has 0 bridgehead atoms. The van der Waals surface area contributed by atoms with E-state index in [9.17, 15) is 0 Å². The molecule has 1 aromatic carbocycles. The van der Waals surface area contributed by atoms with Gasteiger partial charge in [0.15, 0.2) is 0 Å². The Morgan fingerprint density at radius 2 is 2.15 bits per heavy atom. The van der Waals surface area contributed by atoms with E-state index in [1.165, 1.54) is 31.2 Å². The first kappa shape index (κ1) is 14.1. The summed E-state index contributed by atoms with van der Waals surface area (Å²) in [7, 11) is 2.09. The minimum absolute atomic E-state index is 0.416. The van der Waals surface area contributed by atoms with Gasteiger partial charge < -0.3 is 10.1 Å². The lowest BCUT2D eigenvalue weighted by Crippen LogP contribution is -2.30. The van der Waals surface area contributed by atoms with Crippen molar-refractivity contribution in [2.75, 3.05) is 13.7 Å². The van der Waals surface area contributed by atoms with Crippen LogP contribution in [0.25, 0.3) is 0 Å². The summed E-state index contributed by atoms with van der Waals surface area (Å²) < 4.78 is 5.89. The van der Waals surface area contributed by atoms with Crippen LogP contribution in [0.15, 0.2) is 24.3 Å². The van der Waals surface area contributed by atoms with E-state index in [0.29, 0.717) is 18.1 Å². The highest BCUT2D eigenvalue weighted by Gasteiger charge is 2.34. The van der Waals surface area contributed by atoms with Crippen LogP contribution >= 0.6 is 0 Å². The Hall–Kier alpha value is -0.860. The molecule has 110 valence electrons. The summed E-state index contributed by atoms with van der Waals surface area (Å²) in [4.78, 5) is 0. The summed E-state index contributed by atoms with van der Waals surface area (Å²) in [6, 6.07) is 9.71. The van der Waals surface area contributed by atoms with E-state index in [2.05, 4.69) is 43.6 Å². The maximum absolute atomic E-state index is 5.89. The van der Waals surface area contributed by atoms with Crippen LogP contribution in [0.1, 0.15) is 62.1 Å². The van der Waals surface area contributed by atoms with E-state index in [1.807, 2.05) is 0 Å². The number of nitrogens with one attached hydrogen (secondary N) is 1. The third-order valence-electron chi connectivity index (χ3n) is 5.25. The molecule has 2 aliphatic rings. The molecule has 0 radical (unpaired) electrons. The molecule has 0 aromatic heterocycles. The second-order valence-corrected chi connectivity index (χ2v) is 6.33. The van der Waals surface area contributed by atoms with Gasteiger partial charge in [0, 0.05) is 18.6 Å². The molecule has 1 N–H and O–H groups in total. The molecule has 0 amide bonds. The summed E-state index contributed by atoms with van der Waals surface area (Å²) >= 11 is 0. The first-order chi connectivity index (χ1) is 9.83. The molecular formula is C18H27NO. The lowest BCUT2D eigenvalue weighted by Gasteiger charge is -2.30. The maximum Gasteiger partial charge on any atom is 0.0619 e. The van der Waals surface area contributed by atoms with Gasteiger partial charge in [-0.1, -0.05) is 37.6 Å². The molecule has 1 saturated heterocycles. The first-order valence-electron chi connectivity index (χ1n) is 8.22. The van der Waals surface area contributed by atoms with E-state index in [0.717, 1.165) is 18.9 Å². The second kappa shape index (κ2) is 6.28. The van der Waals surface area contributed by atoms with Gasteiger partial charge in [-0.3, -0.25) is 0 Å². The molecule has 2 nitrogen and oxygen atoms in total. The van der Waals surface area contributed by atoms with Crippen molar-refractivity contribution < 1.29 is 4.74 Å². The van der Waals surface area contributed by atoms with Crippen molar-refractivity contribution >= 4 is 0 Å². The predicted molar refractivity (Wildman–Crippen MR) is 83.0 cm³/mol. The van der Waals surface area contributed by atoms with Crippen molar-refractivity contribution in [1.82, 2.24) is 5.32 Å². The fourth-order valence-electron chi connectivity index (χ4n) is 3.84. The monoisotopic (exact) mass is 273 g/mol. The first-order valence-corrected chi connectivity index (χ1v) is 8.22. The van der Waals surface area contributed by atoms with Crippen molar-refractivity contribution in [2.24, 2.45) is 5.92 Å². The maximum atomic E-state index is 5.89. The molecular weight excluding hydrogens is 246 g/mol. The molecule has 1 aromatic rings. The molecule has 3 atom stereocenters. The van der Waals surface area contributed by atoms with E-state index in [-0.39, 0.29) is 0 Å². The Morgan fingerprint density at radius 3 is 2.80 bits per heavy atom. The van der Waals surface area contributed by atoms with Crippen molar-refractivity contribution in [1.29, 1.82) is 0 Å². The van der Waals surface area contributed by atoms with Crippen molar-refractivity contribution in [3.8, 4) is 0 Å². The Balaban J connectivity index is 1.81. The van der Waals surface area contributed by atoms with Gasteiger partial charge in [0.2, 0.25) is 0 Å². The Labute approximate surface area is 122 Å². The van der Waals surface area contributed by atoms with Crippen molar-refractivity contribution in [2.45, 2.75) is 57.1 Å². The molecule has 20 heavy (non-hydrogen) atoms. The molecule has 1 aliphatic carbocycles. The zero-order chi connectivity index (χ0) is 13.9. The van der Waals surface area contributed by atoms with Gasteiger partial charge in [0.1, 0.15) is 0 Å². The topological polar surface area (TPSA) is 21.3 Å². The summed E-state index contributed by atoms with van der Waals surface area (Å²) in [5, 5.41) is 3.55. The zero-order valence-electron chi connectivity index (χ0n) is 12.8. The van der Waals surface area contributed by atoms with Gasteiger partial charge in [-0.05, 0) is 49.8 Å². The SMILES string of the molecule is CCC1OCCC1C(NC)c1cccc(C2CCC2)c1. The lowest BCUT2D eigenvalue weighted by atomic mass is 9.78. The van der Waals surface area contributed by atoms with Crippen LogP contribution in [-0.4, -0.2) is 19.8 Å². The van der Waals surface area contributed by atoms with Gasteiger partial charge >= 0.3 is 0 Å². The number of rotatable bonds is 5. The van der Waals surface area contributed by atoms with Crippen molar-refractivity contribution in [3.05, 3.63) is 35.4 Å². The number of benzene rings is 1. The largest absolute Gasteiger partial charge is 0.378 e. The molecule has 2 heteroatoms. The molecule has 2 fully saturated rings. The quantitative estimate of drug-likeness (QED) is 0.874. The standard InChI is InChI=1S/C18H27NO/c1-3-17-16(10-11-20-17)18(19-2)15-9-5-8-14(12-15)13-6-4-7-13/h5,8-9,12-13,16-19H,3-4,6-7,10-11H2,1-2H3. The minimum Gasteiger partial charge on any atom is -0.378 e. The van der Waals surface area contributed by atoms with Gasteiger partial charge in [0.05, 0.1) is 6.10 Å². The normalized spacial score (nSPS) is 28.3. The van der Waals surface area contributed by atoms with Gasteiger partial charge in [0.25, 0.3) is 0 Å². The second-order valence-electron chi connectivity index (χ2n) is 6.33. The van der Waals surface area contributed by atoms with Crippen LogP contribution in [-0.2, 0) is 4.74 Å². The van der Waals surface area contributed by atoms with E-state index in [1.54, 1.807) is 5.56 Å². The fourth-order valence-corrected chi connectivity index (χ4v) is 3.84. The number of ether oxygens (including phenoxy) is 1. The third-order valence-corrected chi connectivity index (χ3v) is 5.25. The van der Waals surface area contributed by atoms with Gasteiger partial charge in [-0.2, -0.15) is 0 Å². The van der Waals surface area contributed by atoms with Gasteiger partial charge in [-0.25, -0.2) is 0 Å². The Morgan fingerprint density at radius 1 is 1.30 bits per heavy atom. The lowest BCUT2D eigenvalue weighted by molar-refractivity contribution is 0.0782. The number of hydrogen-bond donors (Lipinski definition) is 1.